The van der Waals surface area contributed by atoms with E-state index < -0.39 is 0 Å². The lowest BCUT2D eigenvalue weighted by atomic mass is 9.84. The molecule has 8 aromatic carbocycles. The summed E-state index contributed by atoms with van der Waals surface area (Å²) in [6.07, 6.45) is 1.95. The second-order valence-corrected chi connectivity index (χ2v) is 16.2. The summed E-state index contributed by atoms with van der Waals surface area (Å²) in [5.41, 5.74) is 12.5. The molecule has 0 N–H and O–H groups in total. The predicted octanol–water partition coefficient (Wildman–Crippen LogP) is 15.1. The Bertz CT molecular complexity index is 2970. The fourth-order valence-electron chi connectivity index (χ4n) is 8.48. The van der Waals surface area contributed by atoms with Gasteiger partial charge in [-0.05, 0) is 120 Å². The van der Waals surface area contributed by atoms with E-state index in [0.29, 0.717) is 0 Å². The monoisotopic (exact) mass is 726 g/mol. The first kappa shape index (κ1) is 31.3. The molecule has 0 unspecified atom stereocenters. The van der Waals surface area contributed by atoms with Crippen LogP contribution in [0.1, 0.15) is 11.1 Å². The van der Waals surface area contributed by atoms with Crippen LogP contribution < -0.4 is 9.80 Å². The zero-order chi connectivity index (χ0) is 35.6. The van der Waals surface area contributed by atoms with E-state index in [1.165, 1.54) is 96.7 Å². The molecule has 1 aliphatic carbocycles. The second-order valence-electron chi connectivity index (χ2n) is 14.0. The largest absolute Gasteiger partial charge is 0.310 e. The van der Waals surface area contributed by atoms with Crippen LogP contribution in [-0.2, 0) is 12.8 Å². The zero-order valence-electron chi connectivity index (χ0n) is 29.4. The normalized spacial score (nSPS) is 12.3. The van der Waals surface area contributed by atoms with Crippen LogP contribution in [0.2, 0.25) is 0 Å². The van der Waals surface area contributed by atoms with Crippen molar-refractivity contribution in [2.75, 3.05) is 9.80 Å². The summed E-state index contributed by atoms with van der Waals surface area (Å²) in [6.45, 7) is 0. The number of rotatable bonds is 6. The molecule has 0 aliphatic heterocycles. The number of nitrogens with zero attached hydrogens (tertiary/aromatic N) is 2. The van der Waals surface area contributed by atoms with Gasteiger partial charge >= 0.3 is 0 Å². The van der Waals surface area contributed by atoms with Crippen LogP contribution in [0.3, 0.4) is 0 Å². The Kier molecular flexibility index (Phi) is 7.39. The minimum Gasteiger partial charge on any atom is -0.310 e. The summed E-state index contributed by atoms with van der Waals surface area (Å²) in [6, 6.07) is 67.0. The Morgan fingerprint density at radius 2 is 0.907 bits per heavy atom. The van der Waals surface area contributed by atoms with E-state index >= 15 is 0 Å². The van der Waals surface area contributed by atoms with E-state index in [9.17, 15) is 0 Å². The molecule has 10 aromatic rings. The number of fused-ring (bicyclic) bond motifs is 9. The van der Waals surface area contributed by atoms with Crippen LogP contribution in [0.4, 0.5) is 34.1 Å². The Morgan fingerprint density at radius 1 is 0.333 bits per heavy atom. The van der Waals surface area contributed by atoms with Crippen molar-refractivity contribution in [1.82, 2.24) is 0 Å². The van der Waals surface area contributed by atoms with Crippen LogP contribution in [-0.4, -0.2) is 0 Å². The predicted molar refractivity (Wildman–Crippen MR) is 234 cm³/mol. The van der Waals surface area contributed by atoms with Gasteiger partial charge in [-0.1, -0.05) is 97.1 Å². The van der Waals surface area contributed by atoms with Gasteiger partial charge in [0, 0.05) is 74.5 Å². The SMILES string of the molecule is c1ccc(N(c2ccccc2)c2cccc3c2CCc2cc(N(c4ccc5c(c4)sc4ccccc45)c4ccc5sc6ccccc6c5c4)ccc2-3)cc1. The molecule has 256 valence electrons. The van der Waals surface area contributed by atoms with Crippen LogP contribution >= 0.6 is 22.7 Å². The quantitative estimate of drug-likeness (QED) is 0.168. The van der Waals surface area contributed by atoms with Crippen molar-refractivity contribution in [3.63, 3.8) is 0 Å². The van der Waals surface area contributed by atoms with Gasteiger partial charge in [0.1, 0.15) is 0 Å². The minimum absolute atomic E-state index is 0.971. The van der Waals surface area contributed by atoms with E-state index in [4.69, 9.17) is 0 Å². The molecule has 11 rings (SSSR count). The molecule has 2 heterocycles. The van der Waals surface area contributed by atoms with Crippen molar-refractivity contribution in [2.24, 2.45) is 0 Å². The van der Waals surface area contributed by atoms with Crippen molar-refractivity contribution in [3.8, 4) is 11.1 Å². The number of hydrogen-bond acceptors (Lipinski definition) is 4. The first-order chi connectivity index (χ1) is 26.8. The number of thiophene rings is 2. The lowest BCUT2D eigenvalue weighted by Crippen LogP contribution is -2.15. The van der Waals surface area contributed by atoms with Crippen LogP contribution in [0.5, 0.6) is 0 Å². The Labute approximate surface area is 322 Å². The average molecular weight is 727 g/mol. The van der Waals surface area contributed by atoms with Gasteiger partial charge in [0.15, 0.2) is 0 Å². The third kappa shape index (κ3) is 5.13. The van der Waals surface area contributed by atoms with E-state index in [1.54, 1.807) is 0 Å². The molecule has 0 fully saturated rings. The second kappa shape index (κ2) is 12.7. The molecule has 0 saturated carbocycles. The third-order valence-electron chi connectivity index (χ3n) is 10.9. The lowest BCUT2D eigenvalue weighted by Gasteiger charge is -2.32. The Balaban J connectivity index is 1.06. The number of hydrogen-bond donors (Lipinski definition) is 0. The molecule has 2 nitrogen and oxygen atoms in total. The van der Waals surface area contributed by atoms with Gasteiger partial charge in [-0.15, -0.1) is 22.7 Å². The maximum Gasteiger partial charge on any atom is 0.0499 e. The van der Waals surface area contributed by atoms with Crippen LogP contribution in [0.15, 0.2) is 182 Å². The highest BCUT2D eigenvalue weighted by Gasteiger charge is 2.25. The molecule has 0 radical (unpaired) electrons. The maximum absolute atomic E-state index is 2.47. The molecule has 1 aliphatic rings. The molecule has 0 amide bonds. The molecule has 4 heteroatoms. The van der Waals surface area contributed by atoms with Crippen LogP contribution in [0.25, 0.3) is 51.5 Å². The standard InChI is InChI=1S/C50H34N2S2/c1-3-12-34(13-4-1)52(35-14-5-2-6-15-35)46-19-11-18-40-39-27-23-36(30-33(39)22-26-41(40)46)51(37-25-29-49-45(31-37)43-17-8-10-21-48(43)53-49)38-24-28-44-42-16-7-9-20-47(42)54-50(44)32-38/h1-21,23-25,27-32H,22,26H2. The van der Waals surface area contributed by atoms with E-state index in [-0.39, 0.29) is 0 Å². The third-order valence-corrected chi connectivity index (χ3v) is 13.2. The maximum atomic E-state index is 2.47. The molecular formula is C50H34N2S2. The Morgan fingerprint density at radius 3 is 1.67 bits per heavy atom. The van der Waals surface area contributed by atoms with Gasteiger partial charge < -0.3 is 9.80 Å². The van der Waals surface area contributed by atoms with Gasteiger partial charge in [-0.3, -0.25) is 0 Å². The van der Waals surface area contributed by atoms with E-state index in [1.807, 2.05) is 22.7 Å². The number of benzene rings is 8. The summed E-state index contributed by atoms with van der Waals surface area (Å²) in [5, 5.41) is 5.27. The highest BCUT2D eigenvalue weighted by molar-refractivity contribution is 7.26. The number of aryl methyl sites for hydroxylation is 1. The van der Waals surface area contributed by atoms with Crippen LogP contribution in [0, 0.1) is 0 Å². The van der Waals surface area contributed by atoms with Gasteiger partial charge in [0.25, 0.3) is 0 Å². The smallest absolute Gasteiger partial charge is 0.0499 e. The minimum atomic E-state index is 0.971. The van der Waals surface area contributed by atoms with Gasteiger partial charge in [-0.25, -0.2) is 0 Å². The summed E-state index contributed by atoms with van der Waals surface area (Å²) in [4.78, 5) is 4.88. The summed E-state index contributed by atoms with van der Waals surface area (Å²) < 4.78 is 5.28. The first-order valence-electron chi connectivity index (χ1n) is 18.5. The average Bonchev–Trinajstić information content (AvgIpc) is 3.79. The lowest BCUT2D eigenvalue weighted by molar-refractivity contribution is 0.937. The molecule has 2 aromatic heterocycles. The first-order valence-corrected chi connectivity index (χ1v) is 20.2. The number of anilines is 6. The summed E-state index contributed by atoms with van der Waals surface area (Å²) >= 11 is 3.75. The summed E-state index contributed by atoms with van der Waals surface area (Å²) in [5.74, 6) is 0. The van der Waals surface area contributed by atoms with Crippen molar-refractivity contribution in [3.05, 3.63) is 193 Å². The van der Waals surface area contributed by atoms with Gasteiger partial charge in [-0.2, -0.15) is 0 Å². The van der Waals surface area contributed by atoms with Gasteiger partial charge in [0.2, 0.25) is 0 Å². The molecule has 0 spiro atoms. The van der Waals surface area contributed by atoms with E-state index in [2.05, 4.69) is 192 Å². The molecular weight excluding hydrogens is 693 g/mol. The van der Waals surface area contributed by atoms with Crippen molar-refractivity contribution < 1.29 is 0 Å². The number of para-hydroxylation sites is 2. The topological polar surface area (TPSA) is 6.48 Å². The summed E-state index contributed by atoms with van der Waals surface area (Å²) in [7, 11) is 0. The fraction of sp³-hybridized carbons (Fsp3) is 0.0400. The Hall–Kier alpha value is -6.20. The molecule has 54 heavy (non-hydrogen) atoms. The van der Waals surface area contributed by atoms with E-state index in [0.717, 1.165) is 12.8 Å². The highest BCUT2D eigenvalue weighted by atomic mass is 32.1. The van der Waals surface area contributed by atoms with Crippen molar-refractivity contribution in [2.45, 2.75) is 12.8 Å². The van der Waals surface area contributed by atoms with Gasteiger partial charge in [0.05, 0.1) is 0 Å². The highest BCUT2D eigenvalue weighted by Crippen LogP contribution is 2.47. The molecule has 0 saturated heterocycles. The zero-order valence-corrected chi connectivity index (χ0v) is 31.1. The molecule has 0 atom stereocenters. The van der Waals surface area contributed by atoms with Crippen molar-refractivity contribution in [1.29, 1.82) is 0 Å². The molecule has 0 bridgehead atoms. The fourth-order valence-corrected chi connectivity index (χ4v) is 10.7. The van der Waals surface area contributed by atoms with Crippen molar-refractivity contribution >= 4 is 97.1 Å².